The quantitative estimate of drug-likeness (QED) is 0.788. The number of halogens is 1. The van der Waals surface area contributed by atoms with Crippen molar-refractivity contribution in [3.05, 3.63) is 16.1 Å². The smallest absolute Gasteiger partial charge is 0.227 e. The zero-order chi connectivity index (χ0) is 11.7. The fourth-order valence-electron chi connectivity index (χ4n) is 1.50. The van der Waals surface area contributed by atoms with E-state index >= 15 is 0 Å². The van der Waals surface area contributed by atoms with Gasteiger partial charge in [0.05, 0.1) is 0 Å². The van der Waals surface area contributed by atoms with Gasteiger partial charge < -0.3 is 4.90 Å². The van der Waals surface area contributed by atoms with Gasteiger partial charge in [-0.15, -0.1) is 11.3 Å². The molecule has 0 atom stereocenters. The van der Waals surface area contributed by atoms with E-state index < -0.39 is 0 Å². The Labute approximate surface area is 104 Å². The predicted octanol–water partition coefficient (Wildman–Crippen LogP) is 3.36. The summed E-state index contributed by atoms with van der Waals surface area (Å²) in [6.45, 7) is 2.17. The molecule has 0 aliphatic heterocycles. The molecule has 0 amide bonds. The third kappa shape index (κ3) is 2.13. The number of hydrogen-bond donors (Lipinski definition) is 0. The van der Waals surface area contributed by atoms with E-state index in [1.807, 2.05) is 19.0 Å². The molecule has 86 valence electrons. The minimum Gasteiger partial charge on any atom is -0.347 e. The number of fused-ring (bicyclic) bond motifs is 1. The highest BCUT2D eigenvalue weighted by Crippen LogP contribution is 2.30. The molecule has 0 aromatic carbocycles. The van der Waals surface area contributed by atoms with Gasteiger partial charge in [0.2, 0.25) is 5.95 Å². The second-order valence-corrected chi connectivity index (χ2v) is 5.36. The molecular formula is C11H14ClN3S. The lowest BCUT2D eigenvalue weighted by atomic mass is 10.3. The van der Waals surface area contributed by atoms with Gasteiger partial charge in [-0.05, 0) is 12.5 Å². The van der Waals surface area contributed by atoms with Crippen molar-refractivity contribution >= 4 is 39.1 Å². The van der Waals surface area contributed by atoms with Crippen LogP contribution < -0.4 is 4.90 Å². The molecule has 0 radical (unpaired) electrons. The summed E-state index contributed by atoms with van der Waals surface area (Å²) in [6, 6.07) is 2.10. The predicted molar refractivity (Wildman–Crippen MR) is 70.7 cm³/mol. The lowest BCUT2D eigenvalue weighted by Crippen LogP contribution is -2.12. The fraction of sp³-hybridized carbons (Fsp3) is 0.455. The molecule has 0 aliphatic carbocycles. The molecule has 0 N–H and O–H groups in total. The molecule has 5 heteroatoms. The Bertz CT molecular complexity index is 507. The van der Waals surface area contributed by atoms with E-state index in [1.165, 1.54) is 4.88 Å². The Hall–Kier alpha value is -0.870. The average Bonchev–Trinajstić information content (AvgIpc) is 2.61. The van der Waals surface area contributed by atoms with E-state index in [2.05, 4.69) is 23.0 Å². The molecule has 0 bridgehead atoms. The van der Waals surface area contributed by atoms with E-state index in [-0.39, 0.29) is 0 Å². The molecule has 3 nitrogen and oxygen atoms in total. The van der Waals surface area contributed by atoms with Crippen molar-refractivity contribution in [2.24, 2.45) is 0 Å². The number of rotatable bonds is 3. The molecule has 2 aromatic rings. The van der Waals surface area contributed by atoms with Crippen LogP contribution in [-0.2, 0) is 6.42 Å². The topological polar surface area (TPSA) is 29.0 Å². The highest BCUT2D eigenvalue weighted by molar-refractivity contribution is 7.18. The fourth-order valence-corrected chi connectivity index (χ4v) is 2.90. The van der Waals surface area contributed by atoms with Crippen LogP contribution in [0.15, 0.2) is 6.07 Å². The first-order valence-electron chi connectivity index (χ1n) is 5.25. The Morgan fingerprint density at radius 1 is 1.38 bits per heavy atom. The Morgan fingerprint density at radius 2 is 2.12 bits per heavy atom. The monoisotopic (exact) mass is 255 g/mol. The van der Waals surface area contributed by atoms with Crippen molar-refractivity contribution < 1.29 is 0 Å². The first-order valence-corrected chi connectivity index (χ1v) is 6.44. The van der Waals surface area contributed by atoms with Crippen LogP contribution in [0.5, 0.6) is 0 Å². The SMILES string of the molecule is CCCc1cc2c(Cl)nc(N(C)C)nc2s1. The van der Waals surface area contributed by atoms with Crippen LogP contribution in [0, 0.1) is 0 Å². The van der Waals surface area contributed by atoms with Gasteiger partial charge in [0.1, 0.15) is 9.98 Å². The molecule has 0 spiro atoms. The second-order valence-electron chi connectivity index (χ2n) is 3.89. The summed E-state index contributed by atoms with van der Waals surface area (Å²) in [6.07, 6.45) is 2.22. The van der Waals surface area contributed by atoms with Crippen LogP contribution in [-0.4, -0.2) is 24.1 Å². The minimum absolute atomic E-state index is 0.548. The van der Waals surface area contributed by atoms with Gasteiger partial charge in [0.25, 0.3) is 0 Å². The normalized spacial score (nSPS) is 11.0. The zero-order valence-electron chi connectivity index (χ0n) is 9.62. The number of aryl methyl sites for hydroxylation is 1. The van der Waals surface area contributed by atoms with Crippen molar-refractivity contribution in [3.8, 4) is 0 Å². The van der Waals surface area contributed by atoms with E-state index in [0.29, 0.717) is 11.1 Å². The minimum atomic E-state index is 0.548. The van der Waals surface area contributed by atoms with E-state index in [0.717, 1.165) is 23.1 Å². The zero-order valence-corrected chi connectivity index (χ0v) is 11.2. The standard InChI is InChI=1S/C11H14ClN3S/c1-4-5-7-6-8-9(12)13-11(15(2)3)14-10(8)16-7/h6H,4-5H2,1-3H3. The van der Waals surface area contributed by atoms with Crippen molar-refractivity contribution in [2.75, 3.05) is 19.0 Å². The maximum atomic E-state index is 6.15. The van der Waals surface area contributed by atoms with Crippen LogP contribution in [0.2, 0.25) is 5.15 Å². The molecule has 2 aromatic heterocycles. The Morgan fingerprint density at radius 3 is 2.75 bits per heavy atom. The van der Waals surface area contributed by atoms with Gasteiger partial charge in [0, 0.05) is 24.4 Å². The summed E-state index contributed by atoms with van der Waals surface area (Å²) in [4.78, 5) is 12.9. The number of nitrogens with zero attached hydrogens (tertiary/aromatic N) is 3. The summed E-state index contributed by atoms with van der Waals surface area (Å²) < 4.78 is 0. The van der Waals surface area contributed by atoms with Crippen LogP contribution >= 0.6 is 22.9 Å². The average molecular weight is 256 g/mol. The van der Waals surface area contributed by atoms with Crippen LogP contribution in [0.4, 0.5) is 5.95 Å². The van der Waals surface area contributed by atoms with Crippen LogP contribution in [0.25, 0.3) is 10.2 Å². The molecule has 2 rings (SSSR count). The van der Waals surface area contributed by atoms with Gasteiger partial charge in [-0.2, -0.15) is 0 Å². The molecular weight excluding hydrogens is 242 g/mol. The molecule has 0 unspecified atom stereocenters. The summed E-state index contributed by atoms with van der Waals surface area (Å²) in [5.74, 6) is 0.669. The molecule has 0 fully saturated rings. The van der Waals surface area contributed by atoms with E-state index in [1.54, 1.807) is 11.3 Å². The lowest BCUT2D eigenvalue weighted by molar-refractivity contribution is 0.940. The van der Waals surface area contributed by atoms with E-state index in [9.17, 15) is 0 Å². The largest absolute Gasteiger partial charge is 0.347 e. The molecule has 2 heterocycles. The third-order valence-electron chi connectivity index (χ3n) is 2.28. The molecule has 0 saturated heterocycles. The van der Waals surface area contributed by atoms with Gasteiger partial charge in [-0.25, -0.2) is 9.97 Å². The van der Waals surface area contributed by atoms with Crippen molar-refractivity contribution in [1.29, 1.82) is 0 Å². The maximum absolute atomic E-state index is 6.15. The van der Waals surface area contributed by atoms with Crippen molar-refractivity contribution in [2.45, 2.75) is 19.8 Å². The lowest BCUT2D eigenvalue weighted by Gasteiger charge is -2.09. The number of hydrogen-bond acceptors (Lipinski definition) is 4. The van der Waals surface area contributed by atoms with Gasteiger partial charge in [0.15, 0.2) is 0 Å². The second kappa shape index (κ2) is 4.55. The molecule has 0 saturated carbocycles. The molecule has 16 heavy (non-hydrogen) atoms. The van der Waals surface area contributed by atoms with Crippen molar-refractivity contribution in [1.82, 2.24) is 9.97 Å². The summed E-state index contributed by atoms with van der Waals surface area (Å²) in [7, 11) is 3.83. The third-order valence-corrected chi connectivity index (χ3v) is 3.66. The van der Waals surface area contributed by atoms with Crippen LogP contribution in [0.3, 0.4) is 0 Å². The van der Waals surface area contributed by atoms with Crippen LogP contribution in [0.1, 0.15) is 18.2 Å². The summed E-state index contributed by atoms with van der Waals surface area (Å²) in [5, 5.41) is 1.52. The summed E-state index contributed by atoms with van der Waals surface area (Å²) in [5.41, 5.74) is 0. The summed E-state index contributed by atoms with van der Waals surface area (Å²) >= 11 is 7.85. The number of anilines is 1. The highest BCUT2D eigenvalue weighted by Gasteiger charge is 2.10. The highest BCUT2D eigenvalue weighted by atomic mass is 35.5. The molecule has 0 aliphatic rings. The first kappa shape index (κ1) is 11.6. The first-order chi connectivity index (χ1) is 7.61. The Balaban J connectivity index is 2.54. The Kier molecular flexibility index (Phi) is 3.30. The number of aromatic nitrogens is 2. The van der Waals surface area contributed by atoms with E-state index in [4.69, 9.17) is 11.6 Å². The van der Waals surface area contributed by atoms with Gasteiger partial charge in [-0.3, -0.25) is 0 Å². The maximum Gasteiger partial charge on any atom is 0.227 e. The number of thiophene rings is 1. The van der Waals surface area contributed by atoms with Gasteiger partial charge in [-0.1, -0.05) is 24.9 Å². The van der Waals surface area contributed by atoms with Gasteiger partial charge >= 0.3 is 0 Å². The van der Waals surface area contributed by atoms with Crippen molar-refractivity contribution in [3.63, 3.8) is 0 Å².